The summed E-state index contributed by atoms with van der Waals surface area (Å²) in [6, 6.07) is 16.3. The highest BCUT2D eigenvalue weighted by atomic mass is 16.5. The number of carbonyl (C=O) groups is 1. The molecule has 0 spiro atoms. The molecule has 2 aromatic carbocycles. The molecule has 0 amide bonds. The van der Waals surface area contributed by atoms with E-state index in [4.69, 9.17) is 4.74 Å². The molecule has 0 radical (unpaired) electrons. The Kier molecular flexibility index (Phi) is 7.00. The molecular weight excluding hydrogens is 464 g/mol. The van der Waals surface area contributed by atoms with Crippen LogP contribution in [-0.2, 0) is 31.9 Å². The van der Waals surface area contributed by atoms with Gasteiger partial charge in [0.1, 0.15) is 5.75 Å². The van der Waals surface area contributed by atoms with Crippen molar-refractivity contribution < 1.29 is 14.6 Å². The maximum atomic E-state index is 13.0. The van der Waals surface area contributed by atoms with Crippen molar-refractivity contribution in [1.82, 2.24) is 18.7 Å². The normalized spacial score (nSPS) is 11.6. The highest BCUT2D eigenvalue weighted by molar-refractivity contribution is 6.42. The maximum Gasteiger partial charge on any atom is 0.356 e. The van der Waals surface area contributed by atoms with Crippen molar-refractivity contribution in [1.29, 1.82) is 0 Å². The van der Waals surface area contributed by atoms with Gasteiger partial charge >= 0.3 is 11.7 Å². The maximum absolute atomic E-state index is 13.0. The van der Waals surface area contributed by atoms with Gasteiger partial charge in [0.15, 0.2) is 16.9 Å². The summed E-state index contributed by atoms with van der Waals surface area (Å²) in [5.74, 6) is -0.514. The zero-order valence-electron chi connectivity index (χ0n) is 20.1. The Labute approximate surface area is 205 Å². The average molecular weight is 491 g/mol. The molecule has 0 fully saturated rings. The van der Waals surface area contributed by atoms with Crippen LogP contribution in [0.15, 0.2) is 69.3 Å². The summed E-state index contributed by atoms with van der Waals surface area (Å²) in [5, 5.41) is 13.8. The Hall–Kier alpha value is -4.67. The van der Waals surface area contributed by atoms with E-state index in [-0.39, 0.29) is 22.8 Å². The number of benzene rings is 2. The van der Waals surface area contributed by atoms with Gasteiger partial charge in [-0.15, -0.1) is 0 Å². The minimum absolute atomic E-state index is 0.156. The van der Waals surface area contributed by atoms with E-state index < -0.39 is 17.2 Å². The number of imidazole rings is 1. The summed E-state index contributed by atoms with van der Waals surface area (Å²) in [4.78, 5) is 41.8. The van der Waals surface area contributed by atoms with Crippen molar-refractivity contribution in [3.05, 3.63) is 86.6 Å². The number of hydrogen-bond acceptors (Lipinski definition) is 7. The number of aliphatic carboxylic acids is 1. The Balaban J connectivity index is 1.75. The highest BCUT2D eigenvalue weighted by Crippen LogP contribution is 2.18. The first-order valence-electron chi connectivity index (χ1n) is 11.2. The van der Waals surface area contributed by atoms with Crippen LogP contribution in [0.3, 0.4) is 0 Å². The third-order valence-electron chi connectivity index (χ3n) is 5.87. The summed E-state index contributed by atoms with van der Waals surface area (Å²) in [6.07, 6.45) is 1.42. The molecule has 0 atom stereocenters. The molecule has 36 heavy (non-hydrogen) atoms. The molecule has 11 nitrogen and oxygen atoms in total. The lowest BCUT2D eigenvalue weighted by atomic mass is 10.1. The molecule has 186 valence electrons. The number of carboxylic acids is 1. The number of aryl methyl sites for hydroxylation is 3. The number of nitrogens with one attached hydrogen (secondary N) is 1. The fourth-order valence-electron chi connectivity index (χ4n) is 3.93. The number of hydrazone groups is 1. The lowest BCUT2D eigenvalue weighted by Crippen LogP contribution is -2.37. The predicted octanol–water partition coefficient (Wildman–Crippen LogP) is 1.98. The van der Waals surface area contributed by atoms with Crippen LogP contribution >= 0.6 is 0 Å². The number of rotatable bonds is 9. The second-order valence-electron chi connectivity index (χ2n) is 8.16. The summed E-state index contributed by atoms with van der Waals surface area (Å²) < 4.78 is 9.06. The highest BCUT2D eigenvalue weighted by Gasteiger charge is 2.20. The smallest absolute Gasteiger partial charge is 0.356 e. The van der Waals surface area contributed by atoms with Crippen molar-refractivity contribution >= 4 is 28.8 Å². The van der Waals surface area contributed by atoms with E-state index in [1.807, 2.05) is 30.3 Å². The van der Waals surface area contributed by atoms with Gasteiger partial charge in [0.2, 0.25) is 5.95 Å². The number of anilines is 1. The Bertz CT molecular complexity index is 1550. The molecule has 0 saturated heterocycles. The summed E-state index contributed by atoms with van der Waals surface area (Å²) in [5.41, 5.74) is 3.37. The number of methoxy groups -OCH3 is 1. The third kappa shape index (κ3) is 4.76. The summed E-state index contributed by atoms with van der Waals surface area (Å²) in [6.45, 7) is 0.391. The molecule has 2 heterocycles. The van der Waals surface area contributed by atoms with Crippen LogP contribution in [-0.4, -0.2) is 42.6 Å². The SMILES string of the molecule is COc1ccc(/C(=N/Nc2nc3c(c(=O)n(C)c(=O)n3C)n2CCCc2ccccc2)C(=O)O)cc1. The minimum atomic E-state index is -1.25. The van der Waals surface area contributed by atoms with Gasteiger partial charge in [-0.1, -0.05) is 30.3 Å². The molecule has 0 aliphatic carbocycles. The number of nitrogens with zero attached hydrogens (tertiary/aromatic N) is 5. The molecular formula is C25H26N6O5. The van der Waals surface area contributed by atoms with Crippen molar-refractivity contribution in [2.24, 2.45) is 19.2 Å². The van der Waals surface area contributed by atoms with Gasteiger partial charge in [-0.25, -0.2) is 15.0 Å². The van der Waals surface area contributed by atoms with Gasteiger partial charge in [-0.3, -0.25) is 13.9 Å². The van der Waals surface area contributed by atoms with Gasteiger partial charge in [-0.2, -0.15) is 10.1 Å². The van der Waals surface area contributed by atoms with E-state index in [0.29, 0.717) is 24.3 Å². The van der Waals surface area contributed by atoms with E-state index in [9.17, 15) is 19.5 Å². The number of fused-ring (bicyclic) bond motifs is 1. The van der Waals surface area contributed by atoms with Crippen LogP contribution in [0.25, 0.3) is 11.2 Å². The molecule has 0 aliphatic heterocycles. The van der Waals surface area contributed by atoms with Gasteiger partial charge in [-0.05, 0) is 42.7 Å². The fourth-order valence-corrected chi connectivity index (χ4v) is 3.93. The summed E-state index contributed by atoms with van der Waals surface area (Å²) >= 11 is 0. The lowest BCUT2D eigenvalue weighted by Gasteiger charge is -2.10. The Morgan fingerprint density at radius 2 is 1.75 bits per heavy atom. The first-order chi connectivity index (χ1) is 17.3. The molecule has 4 aromatic rings. The van der Waals surface area contributed by atoms with Gasteiger partial charge in [0, 0.05) is 26.2 Å². The van der Waals surface area contributed by atoms with Crippen molar-refractivity contribution in [2.45, 2.75) is 19.4 Å². The number of carboxylic acid groups (broad SMARTS) is 1. The van der Waals surface area contributed by atoms with Crippen molar-refractivity contribution in [2.75, 3.05) is 12.5 Å². The van der Waals surface area contributed by atoms with Gasteiger partial charge < -0.3 is 14.4 Å². The van der Waals surface area contributed by atoms with Crippen molar-refractivity contribution in [3.8, 4) is 5.75 Å². The molecule has 2 N–H and O–H groups in total. The lowest BCUT2D eigenvalue weighted by molar-refractivity contribution is -0.129. The minimum Gasteiger partial charge on any atom is -0.497 e. The van der Waals surface area contributed by atoms with E-state index in [1.54, 1.807) is 28.8 Å². The van der Waals surface area contributed by atoms with E-state index >= 15 is 0 Å². The second kappa shape index (κ2) is 10.3. The zero-order chi connectivity index (χ0) is 25.8. The average Bonchev–Trinajstić information content (AvgIpc) is 3.25. The number of aromatic nitrogens is 4. The number of ether oxygens (including phenoxy) is 1. The molecule has 0 unspecified atom stereocenters. The molecule has 2 aromatic heterocycles. The van der Waals surface area contributed by atoms with Crippen molar-refractivity contribution in [3.63, 3.8) is 0 Å². The zero-order valence-corrected chi connectivity index (χ0v) is 20.1. The van der Waals surface area contributed by atoms with Crippen LogP contribution in [0, 0.1) is 0 Å². The third-order valence-corrected chi connectivity index (χ3v) is 5.87. The molecule has 0 aliphatic rings. The molecule has 4 rings (SSSR count). The molecule has 0 saturated carbocycles. The fraction of sp³-hybridized carbons (Fsp3) is 0.240. The Morgan fingerprint density at radius 1 is 1.06 bits per heavy atom. The van der Waals surface area contributed by atoms with Crippen LogP contribution in [0.5, 0.6) is 5.75 Å². The van der Waals surface area contributed by atoms with Crippen LogP contribution < -0.4 is 21.4 Å². The van der Waals surface area contributed by atoms with Crippen LogP contribution in [0.1, 0.15) is 17.5 Å². The quantitative estimate of drug-likeness (QED) is 0.271. The molecule has 11 heteroatoms. The largest absolute Gasteiger partial charge is 0.497 e. The van der Waals surface area contributed by atoms with E-state index in [2.05, 4.69) is 15.5 Å². The van der Waals surface area contributed by atoms with E-state index in [1.165, 1.54) is 25.8 Å². The predicted molar refractivity (Wildman–Crippen MR) is 136 cm³/mol. The first kappa shape index (κ1) is 24.5. The topological polar surface area (TPSA) is 133 Å². The molecule has 0 bridgehead atoms. The van der Waals surface area contributed by atoms with Crippen LogP contribution in [0.4, 0.5) is 5.95 Å². The van der Waals surface area contributed by atoms with Crippen LogP contribution in [0.2, 0.25) is 0 Å². The first-order valence-corrected chi connectivity index (χ1v) is 11.2. The van der Waals surface area contributed by atoms with Gasteiger partial charge in [0.05, 0.1) is 7.11 Å². The van der Waals surface area contributed by atoms with Gasteiger partial charge in [0.25, 0.3) is 5.56 Å². The second-order valence-corrected chi connectivity index (χ2v) is 8.16. The monoisotopic (exact) mass is 490 g/mol. The summed E-state index contributed by atoms with van der Waals surface area (Å²) in [7, 11) is 4.45. The number of hydrogen-bond donors (Lipinski definition) is 2. The standard InChI is InChI=1S/C25H26N6O5/c1-29-21-20(22(32)30(2)25(29)35)31(15-7-10-16-8-5-4-6-9-16)24(26-21)28-27-19(23(33)34)17-11-13-18(36-3)14-12-17/h4-6,8-9,11-14H,7,10,15H2,1-3H3,(H,26,28)(H,33,34)/b27-19-. The van der Waals surface area contributed by atoms with E-state index in [0.717, 1.165) is 16.6 Å². The Morgan fingerprint density at radius 3 is 2.39 bits per heavy atom.